The van der Waals surface area contributed by atoms with Gasteiger partial charge in [0.15, 0.2) is 6.10 Å². The van der Waals surface area contributed by atoms with Crippen molar-refractivity contribution in [3.63, 3.8) is 0 Å². The van der Waals surface area contributed by atoms with Crippen LogP contribution in [-0.4, -0.2) is 36.4 Å². The second-order valence-corrected chi connectivity index (χ2v) is 11.6. The number of ether oxygens (including phenoxy) is 2. The standard InChI is InChI=1S/C36H66O5/c1-3-5-7-9-11-13-15-16-17-18-19-20-21-23-24-26-28-30-35(38)40-33-34(32-37)41-36(39)31-29-27-25-22-14-12-10-8-6-4-2/h11,13,16-17,34,37H,3-10,12,14-15,18-33H2,1-2H3/b13-11+,17-16+/t34-/m0/s1. The van der Waals surface area contributed by atoms with Gasteiger partial charge < -0.3 is 14.6 Å². The predicted octanol–water partition coefficient (Wildman–Crippen LogP) is 10.3. The molecular formula is C36H66O5. The summed E-state index contributed by atoms with van der Waals surface area (Å²) in [4.78, 5) is 24.1. The fraction of sp³-hybridized carbons (Fsp3) is 0.833. The second kappa shape index (κ2) is 32.9. The van der Waals surface area contributed by atoms with E-state index in [1.54, 1.807) is 0 Å². The Balaban J connectivity index is 3.57. The van der Waals surface area contributed by atoms with Crippen LogP contribution < -0.4 is 0 Å². The molecule has 0 spiro atoms. The summed E-state index contributed by atoms with van der Waals surface area (Å²) in [5.41, 5.74) is 0. The maximum absolute atomic E-state index is 12.1. The molecule has 0 aromatic heterocycles. The van der Waals surface area contributed by atoms with Crippen LogP contribution in [-0.2, 0) is 19.1 Å². The summed E-state index contributed by atoms with van der Waals surface area (Å²) < 4.78 is 10.5. The minimum atomic E-state index is -0.767. The van der Waals surface area contributed by atoms with Gasteiger partial charge in [0, 0.05) is 12.8 Å². The van der Waals surface area contributed by atoms with Gasteiger partial charge in [-0.3, -0.25) is 9.59 Å². The molecule has 0 aliphatic heterocycles. The molecule has 0 radical (unpaired) electrons. The van der Waals surface area contributed by atoms with Crippen LogP contribution >= 0.6 is 0 Å². The molecular weight excluding hydrogens is 512 g/mol. The molecule has 240 valence electrons. The van der Waals surface area contributed by atoms with Crippen LogP contribution in [0.1, 0.15) is 174 Å². The Morgan fingerprint density at radius 1 is 0.561 bits per heavy atom. The Kier molecular flexibility index (Phi) is 31.6. The first-order chi connectivity index (χ1) is 20.1. The number of rotatable bonds is 31. The average molecular weight is 579 g/mol. The average Bonchev–Trinajstić information content (AvgIpc) is 2.97. The van der Waals surface area contributed by atoms with Gasteiger partial charge in [-0.15, -0.1) is 0 Å². The number of unbranched alkanes of at least 4 members (excludes halogenated alkanes) is 19. The zero-order valence-electron chi connectivity index (χ0n) is 27.1. The van der Waals surface area contributed by atoms with E-state index in [0.29, 0.717) is 12.8 Å². The third-order valence-electron chi connectivity index (χ3n) is 7.50. The molecule has 0 heterocycles. The number of carbonyl (C=O) groups is 2. The van der Waals surface area contributed by atoms with Crippen LogP contribution in [0.4, 0.5) is 0 Å². The number of hydrogen-bond donors (Lipinski definition) is 1. The fourth-order valence-electron chi connectivity index (χ4n) is 4.82. The lowest BCUT2D eigenvalue weighted by Gasteiger charge is -2.15. The number of aliphatic hydroxyl groups is 1. The summed E-state index contributed by atoms with van der Waals surface area (Å²) in [5.74, 6) is -0.599. The maximum atomic E-state index is 12.1. The van der Waals surface area contributed by atoms with Crippen LogP contribution in [0.25, 0.3) is 0 Å². The van der Waals surface area contributed by atoms with Crippen LogP contribution in [0.2, 0.25) is 0 Å². The summed E-state index contributed by atoms with van der Waals surface area (Å²) in [6.07, 6.45) is 36.6. The van der Waals surface area contributed by atoms with Crippen molar-refractivity contribution in [2.45, 2.75) is 180 Å². The lowest BCUT2D eigenvalue weighted by molar-refractivity contribution is -0.161. The molecule has 0 aliphatic rings. The van der Waals surface area contributed by atoms with Crippen LogP contribution in [0.15, 0.2) is 24.3 Å². The van der Waals surface area contributed by atoms with Gasteiger partial charge in [-0.2, -0.15) is 0 Å². The van der Waals surface area contributed by atoms with Crippen LogP contribution in [0.5, 0.6) is 0 Å². The molecule has 1 atom stereocenters. The van der Waals surface area contributed by atoms with Gasteiger partial charge in [-0.1, -0.05) is 141 Å². The van der Waals surface area contributed by atoms with Crippen molar-refractivity contribution in [2.75, 3.05) is 13.2 Å². The number of allylic oxidation sites excluding steroid dienone is 4. The number of aliphatic hydroxyl groups excluding tert-OH is 1. The van der Waals surface area contributed by atoms with Crippen molar-refractivity contribution < 1.29 is 24.2 Å². The minimum absolute atomic E-state index is 0.0667. The normalized spacial score (nSPS) is 12.4. The molecule has 0 bridgehead atoms. The maximum Gasteiger partial charge on any atom is 0.306 e. The Bertz CT molecular complexity index is 627. The van der Waals surface area contributed by atoms with E-state index in [9.17, 15) is 14.7 Å². The minimum Gasteiger partial charge on any atom is -0.462 e. The van der Waals surface area contributed by atoms with Gasteiger partial charge in [0.25, 0.3) is 0 Å². The van der Waals surface area contributed by atoms with Gasteiger partial charge in [0.05, 0.1) is 6.61 Å². The summed E-state index contributed by atoms with van der Waals surface area (Å²) >= 11 is 0. The van der Waals surface area contributed by atoms with Crippen molar-refractivity contribution >= 4 is 11.9 Å². The molecule has 0 fully saturated rings. The highest BCUT2D eigenvalue weighted by molar-refractivity contribution is 5.70. The highest BCUT2D eigenvalue weighted by atomic mass is 16.6. The first-order valence-corrected chi connectivity index (χ1v) is 17.4. The van der Waals surface area contributed by atoms with Crippen molar-refractivity contribution in [2.24, 2.45) is 0 Å². The van der Waals surface area contributed by atoms with Gasteiger partial charge in [0.1, 0.15) is 6.61 Å². The Hall–Kier alpha value is -1.62. The number of hydrogen-bond acceptors (Lipinski definition) is 5. The molecule has 0 amide bonds. The molecule has 5 nitrogen and oxygen atoms in total. The van der Waals surface area contributed by atoms with E-state index in [1.807, 2.05) is 0 Å². The number of esters is 2. The quantitative estimate of drug-likeness (QED) is 0.0503. The first kappa shape index (κ1) is 39.4. The van der Waals surface area contributed by atoms with Crippen molar-refractivity contribution in [3.05, 3.63) is 24.3 Å². The zero-order chi connectivity index (χ0) is 30.1. The first-order valence-electron chi connectivity index (χ1n) is 17.4. The molecule has 0 rings (SSSR count). The van der Waals surface area contributed by atoms with Gasteiger partial charge in [-0.05, 0) is 44.9 Å². The molecule has 0 saturated carbocycles. The highest BCUT2D eigenvalue weighted by Gasteiger charge is 2.16. The Labute approximate surface area is 253 Å². The van der Waals surface area contributed by atoms with Gasteiger partial charge in [-0.25, -0.2) is 0 Å². The van der Waals surface area contributed by atoms with E-state index < -0.39 is 6.10 Å². The lowest BCUT2D eigenvalue weighted by atomic mass is 10.1. The third-order valence-corrected chi connectivity index (χ3v) is 7.50. The SMILES string of the molecule is CCCCC/C=C/C/C=C/CCCCCCCCCC(=O)OC[C@H](CO)OC(=O)CCCCCCCCCCCC. The van der Waals surface area contributed by atoms with Crippen LogP contribution in [0.3, 0.4) is 0 Å². The summed E-state index contributed by atoms with van der Waals surface area (Å²) in [7, 11) is 0. The van der Waals surface area contributed by atoms with Crippen molar-refractivity contribution in [1.29, 1.82) is 0 Å². The lowest BCUT2D eigenvalue weighted by Crippen LogP contribution is -2.28. The third kappa shape index (κ3) is 31.2. The molecule has 1 N–H and O–H groups in total. The van der Waals surface area contributed by atoms with E-state index >= 15 is 0 Å². The number of carbonyl (C=O) groups excluding carboxylic acids is 2. The molecule has 0 unspecified atom stereocenters. The molecule has 0 aliphatic carbocycles. The smallest absolute Gasteiger partial charge is 0.306 e. The second-order valence-electron chi connectivity index (χ2n) is 11.6. The fourth-order valence-corrected chi connectivity index (χ4v) is 4.82. The zero-order valence-corrected chi connectivity index (χ0v) is 27.1. The van der Waals surface area contributed by atoms with E-state index in [-0.39, 0.29) is 25.2 Å². The van der Waals surface area contributed by atoms with E-state index in [0.717, 1.165) is 44.9 Å². The Morgan fingerprint density at radius 2 is 0.976 bits per heavy atom. The Morgan fingerprint density at radius 3 is 1.49 bits per heavy atom. The molecule has 0 aromatic carbocycles. The van der Waals surface area contributed by atoms with E-state index in [1.165, 1.54) is 103 Å². The summed E-state index contributed by atoms with van der Waals surface area (Å²) in [6, 6.07) is 0. The molecule has 0 aromatic rings. The summed E-state index contributed by atoms with van der Waals surface area (Å²) in [6.45, 7) is 4.08. The largest absolute Gasteiger partial charge is 0.462 e. The monoisotopic (exact) mass is 578 g/mol. The summed E-state index contributed by atoms with van der Waals surface area (Å²) in [5, 5.41) is 9.49. The van der Waals surface area contributed by atoms with Crippen molar-refractivity contribution in [1.82, 2.24) is 0 Å². The molecule has 41 heavy (non-hydrogen) atoms. The van der Waals surface area contributed by atoms with E-state index in [2.05, 4.69) is 38.2 Å². The topological polar surface area (TPSA) is 72.8 Å². The van der Waals surface area contributed by atoms with E-state index in [4.69, 9.17) is 9.47 Å². The highest BCUT2D eigenvalue weighted by Crippen LogP contribution is 2.13. The van der Waals surface area contributed by atoms with Crippen LogP contribution in [0, 0.1) is 0 Å². The molecule has 0 saturated heterocycles. The molecule has 5 heteroatoms. The van der Waals surface area contributed by atoms with Gasteiger partial charge >= 0.3 is 11.9 Å². The van der Waals surface area contributed by atoms with Gasteiger partial charge in [0.2, 0.25) is 0 Å². The van der Waals surface area contributed by atoms with Crippen molar-refractivity contribution in [3.8, 4) is 0 Å². The predicted molar refractivity (Wildman–Crippen MR) is 173 cm³/mol.